The molecule has 0 spiro atoms. The molecule has 0 radical (unpaired) electrons. The van der Waals surface area contributed by atoms with Crippen molar-refractivity contribution in [1.29, 1.82) is 0 Å². The molecule has 2 heterocycles. The summed E-state index contributed by atoms with van der Waals surface area (Å²) in [7, 11) is 0. The lowest BCUT2D eigenvalue weighted by molar-refractivity contribution is 0.0689. The van der Waals surface area contributed by atoms with Crippen LogP contribution in [-0.2, 0) is 6.54 Å². The van der Waals surface area contributed by atoms with E-state index in [2.05, 4.69) is 4.98 Å². The standard InChI is InChI=1S/C15H14N2O3S/c18-14(13-4-1-11(7-16-13)15(19)20)17(12-2-3-12)8-10-5-6-21-9-10/h1,4-7,9,12H,2-3,8H2,(H,19,20). The lowest BCUT2D eigenvalue weighted by Gasteiger charge is -2.21. The summed E-state index contributed by atoms with van der Waals surface area (Å²) in [4.78, 5) is 29.2. The number of carboxylic acids is 1. The zero-order chi connectivity index (χ0) is 14.8. The van der Waals surface area contributed by atoms with Crippen molar-refractivity contribution in [2.45, 2.75) is 25.4 Å². The van der Waals surface area contributed by atoms with Crippen LogP contribution >= 0.6 is 11.3 Å². The van der Waals surface area contributed by atoms with Gasteiger partial charge in [-0.15, -0.1) is 0 Å². The van der Waals surface area contributed by atoms with Crippen LogP contribution < -0.4 is 0 Å². The van der Waals surface area contributed by atoms with Gasteiger partial charge in [-0.05, 0) is 47.4 Å². The second-order valence-electron chi connectivity index (χ2n) is 5.03. The Balaban J connectivity index is 1.79. The molecular weight excluding hydrogens is 288 g/mol. The molecule has 0 unspecified atom stereocenters. The summed E-state index contributed by atoms with van der Waals surface area (Å²) >= 11 is 1.61. The van der Waals surface area contributed by atoms with E-state index in [0.29, 0.717) is 12.2 Å². The van der Waals surface area contributed by atoms with Gasteiger partial charge in [-0.25, -0.2) is 4.79 Å². The van der Waals surface area contributed by atoms with E-state index in [0.717, 1.165) is 18.4 Å². The number of amides is 1. The highest BCUT2D eigenvalue weighted by Gasteiger charge is 2.33. The van der Waals surface area contributed by atoms with E-state index >= 15 is 0 Å². The first kappa shape index (κ1) is 13.8. The van der Waals surface area contributed by atoms with Gasteiger partial charge in [0.1, 0.15) is 5.69 Å². The van der Waals surface area contributed by atoms with Gasteiger partial charge in [0.05, 0.1) is 5.56 Å². The van der Waals surface area contributed by atoms with Gasteiger partial charge < -0.3 is 10.0 Å². The van der Waals surface area contributed by atoms with Crippen LogP contribution in [0.5, 0.6) is 0 Å². The molecule has 1 fully saturated rings. The van der Waals surface area contributed by atoms with Crippen LogP contribution in [0, 0.1) is 0 Å². The predicted molar refractivity (Wildman–Crippen MR) is 78.4 cm³/mol. The Morgan fingerprint density at radius 2 is 2.14 bits per heavy atom. The van der Waals surface area contributed by atoms with Gasteiger partial charge in [-0.3, -0.25) is 9.78 Å². The zero-order valence-electron chi connectivity index (χ0n) is 11.2. The molecule has 1 aliphatic rings. The minimum atomic E-state index is -1.04. The fourth-order valence-corrected chi connectivity index (χ4v) is 2.79. The van der Waals surface area contributed by atoms with Gasteiger partial charge >= 0.3 is 5.97 Å². The van der Waals surface area contributed by atoms with Gasteiger partial charge in [-0.2, -0.15) is 11.3 Å². The average Bonchev–Trinajstić information content (AvgIpc) is 3.20. The summed E-state index contributed by atoms with van der Waals surface area (Å²) in [5.41, 5.74) is 1.49. The van der Waals surface area contributed by atoms with Crippen molar-refractivity contribution in [3.05, 3.63) is 52.0 Å². The largest absolute Gasteiger partial charge is 0.478 e. The number of thiophene rings is 1. The van der Waals surface area contributed by atoms with E-state index in [9.17, 15) is 9.59 Å². The first-order valence-corrected chi connectivity index (χ1v) is 7.61. The molecule has 0 aliphatic heterocycles. The maximum absolute atomic E-state index is 12.6. The molecule has 2 aromatic heterocycles. The summed E-state index contributed by atoms with van der Waals surface area (Å²) in [5, 5.41) is 12.9. The van der Waals surface area contributed by atoms with E-state index in [1.807, 2.05) is 21.7 Å². The third-order valence-corrected chi connectivity index (χ3v) is 4.14. The third-order valence-electron chi connectivity index (χ3n) is 3.41. The predicted octanol–water partition coefficient (Wildman–Crippen LogP) is 2.65. The molecule has 0 atom stereocenters. The first-order chi connectivity index (χ1) is 10.1. The number of aromatic nitrogens is 1. The van der Waals surface area contributed by atoms with E-state index < -0.39 is 5.97 Å². The molecule has 1 N–H and O–H groups in total. The molecule has 1 amide bonds. The topological polar surface area (TPSA) is 70.5 Å². The SMILES string of the molecule is O=C(O)c1ccc(C(=O)N(Cc2ccsc2)C2CC2)nc1. The highest BCUT2D eigenvalue weighted by Crippen LogP contribution is 2.30. The van der Waals surface area contributed by atoms with Crippen molar-refractivity contribution in [1.82, 2.24) is 9.88 Å². The number of aromatic carboxylic acids is 1. The van der Waals surface area contributed by atoms with E-state index in [1.54, 1.807) is 11.3 Å². The normalized spacial score (nSPS) is 13.9. The minimum absolute atomic E-state index is 0.0855. The van der Waals surface area contributed by atoms with Crippen molar-refractivity contribution in [3.63, 3.8) is 0 Å². The Kier molecular flexibility index (Phi) is 3.70. The van der Waals surface area contributed by atoms with Crippen LogP contribution in [0.25, 0.3) is 0 Å². The van der Waals surface area contributed by atoms with E-state index in [4.69, 9.17) is 5.11 Å². The summed E-state index contributed by atoms with van der Waals surface area (Å²) in [6.07, 6.45) is 3.26. The molecule has 6 heteroatoms. The maximum atomic E-state index is 12.6. The van der Waals surface area contributed by atoms with Gasteiger partial charge in [-0.1, -0.05) is 0 Å². The summed E-state index contributed by atoms with van der Waals surface area (Å²) in [6.45, 7) is 0.579. The Bertz CT molecular complexity index is 648. The fraction of sp³-hybridized carbons (Fsp3) is 0.267. The van der Waals surface area contributed by atoms with Gasteiger partial charge in [0.2, 0.25) is 0 Å². The molecule has 0 bridgehead atoms. The molecular formula is C15H14N2O3S. The van der Waals surface area contributed by atoms with E-state index in [1.165, 1.54) is 18.3 Å². The molecule has 21 heavy (non-hydrogen) atoms. The molecule has 5 nitrogen and oxygen atoms in total. The van der Waals surface area contributed by atoms with Crippen LogP contribution in [-0.4, -0.2) is 32.9 Å². The number of rotatable bonds is 5. The number of hydrogen-bond donors (Lipinski definition) is 1. The van der Waals surface area contributed by atoms with Gasteiger partial charge in [0.15, 0.2) is 0 Å². The molecule has 3 rings (SSSR count). The molecule has 1 saturated carbocycles. The fourth-order valence-electron chi connectivity index (χ4n) is 2.13. The highest BCUT2D eigenvalue weighted by atomic mass is 32.1. The third kappa shape index (κ3) is 3.11. The van der Waals surface area contributed by atoms with Crippen molar-refractivity contribution in [2.75, 3.05) is 0 Å². The monoisotopic (exact) mass is 302 g/mol. The second kappa shape index (κ2) is 5.65. The maximum Gasteiger partial charge on any atom is 0.337 e. The van der Waals surface area contributed by atoms with Crippen LogP contribution in [0.4, 0.5) is 0 Å². The van der Waals surface area contributed by atoms with Crippen molar-refractivity contribution >= 4 is 23.2 Å². The number of carbonyl (C=O) groups excluding carboxylic acids is 1. The quantitative estimate of drug-likeness (QED) is 0.921. The van der Waals surface area contributed by atoms with Crippen LogP contribution in [0.1, 0.15) is 39.3 Å². The number of carbonyl (C=O) groups is 2. The van der Waals surface area contributed by atoms with E-state index in [-0.39, 0.29) is 17.5 Å². The number of hydrogen-bond acceptors (Lipinski definition) is 4. The van der Waals surface area contributed by atoms with Gasteiger partial charge in [0, 0.05) is 18.8 Å². The van der Waals surface area contributed by atoms with Crippen LogP contribution in [0.15, 0.2) is 35.2 Å². The van der Waals surface area contributed by atoms with Crippen molar-refractivity contribution in [3.8, 4) is 0 Å². The van der Waals surface area contributed by atoms with Crippen LogP contribution in [0.3, 0.4) is 0 Å². The Hall–Kier alpha value is -2.21. The van der Waals surface area contributed by atoms with Crippen molar-refractivity contribution < 1.29 is 14.7 Å². The van der Waals surface area contributed by atoms with Gasteiger partial charge in [0.25, 0.3) is 5.91 Å². The number of nitrogens with zero attached hydrogens (tertiary/aromatic N) is 2. The highest BCUT2D eigenvalue weighted by molar-refractivity contribution is 7.07. The lowest BCUT2D eigenvalue weighted by atomic mass is 10.2. The second-order valence-corrected chi connectivity index (χ2v) is 5.81. The average molecular weight is 302 g/mol. The smallest absolute Gasteiger partial charge is 0.337 e. The first-order valence-electron chi connectivity index (χ1n) is 6.66. The molecule has 2 aromatic rings. The summed E-state index contributed by atoms with van der Waals surface area (Å²) < 4.78 is 0. The lowest BCUT2D eigenvalue weighted by Crippen LogP contribution is -2.33. The van der Waals surface area contributed by atoms with Crippen LogP contribution in [0.2, 0.25) is 0 Å². The molecule has 108 valence electrons. The Morgan fingerprint density at radius 1 is 1.33 bits per heavy atom. The summed E-state index contributed by atoms with van der Waals surface area (Å²) in [6, 6.07) is 5.18. The summed E-state index contributed by atoms with van der Waals surface area (Å²) in [5.74, 6) is -1.18. The molecule has 0 saturated heterocycles. The minimum Gasteiger partial charge on any atom is -0.478 e. The molecule has 0 aromatic carbocycles. The Morgan fingerprint density at radius 3 is 2.67 bits per heavy atom. The van der Waals surface area contributed by atoms with Crippen molar-refractivity contribution in [2.24, 2.45) is 0 Å². The zero-order valence-corrected chi connectivity index (χ0v) is 12.0. The Labute approximate surface area is 125 Å². The number of carboxylic acid groups (broad SMARTS) is 1. The molecule has 1 aliphatic carbocycles. The number of pyridine rings is 1.